The minimum atomic E-state index is -0.251. The van der Waals surface area contributed by atoms with Crippen molar-refractivity contribution in [2.45, 2.75) is 26.7 Å². The summed E-state index contributed by atoms with van der Waals surface area (Å²) in [6, 6.07) is 13.7. The van der Waals surface area contributed by atoms with Crippen molar-refractivity contribution in [1.82, 2.24) is 4.90 Å². The molecular weight excluding hydrogens is 406 g/mol. The number of hydrogen-bond donors (Lipinski definition) is 1. The largest absolute Gasteiger partial charge is 0.483 e. The SMILES string of the molecule is Cc1ccc(C(C)C)c(OCC(=O)N(C)CC(=O)Nc2ccc(N3CCOCC3)cc2)c1. The van der Waals surface area contributed by atoms with E-state index >= 15 is 0 Å². The Hall–Kier alpha value is -3.06. The van der Waals surface area contributed by atoms with Gasteiger partial charge in [0.2, 0.25) is 5.91 Å². The Morgan fingerprint density at radius 2 is 1.81 bits per heavy atom. The van der Waals surface area contributed by atoms with Crippen LogP contribution >= 0.6 is 0 Å². The molecule has 1 aliphatic heterocycles. The molecule has 0 bridgehead atoms. The molecule has 0 radical (unpaired) electrons. The van der Waals surface area contributed by atoms with Crippen LogP contribution in [0.4, 0.5) is 11.4 Å². The molecule has 0 saturated carbocycles. The van der Waals surface area contributed by atoms with E-state index in [1.54, 1.807) is 7.05 Å². The Morgan fingerprint density at radius 3 is 2.47 bits per heavy atom. The number of benzene rings is 2. The average Bonchev–Trinajstić information content (AvgIpc) is 2.78. The predicted molar refractivity (Wildman–Crippen MR) is 127 cm³/mol. The van der Waals surface area contributed by atoms with E-state index in [1.165, 1.54) is 4.90 Å². The molecule has 1 saturated heterocycles. The standard InChI is InChI=1S/C25H33N3O4/c1-18(2)22-10-5-19(3)15-23(22)32-17-25(30)27(4)16-24(29)26-20-6-8-21(9-7-20)28-11-13-31-14-12-28/h5-10,15,18H,11-14,16-17H2,1-4H3,(H,26,29). The quantitative estimate of drug-likeness (QED) is 0.682. The zero-order chi connectivity index (χ0) is 23.1. The summed E-state index contributed by atoms with van der Waals surface area (Å²) in [4.78, 5) is 28.5. The van der Waals surface area contributed by atoms with Gasteiger partial charge < -0.3 is 24.6 Å². The third-order valence-corrected chi connectivity index (χ3v) is 5.48. The molecule has 0 atom stereocenters. The molecule has 2 aromatic rings. The molecule has 1 N–H and O–H groups in total. The Kier molecular flexibility index (Phi) is 8.11. The van der Waals surface area contributed by atoms with Gasteiger partial charge in [-0.05, 0) is 54.3 Å². The van der Waals surface area contributed by atoms with Crippen molar-refractivity contribution in [3.63, 3.8) is 0 Å². The molecule has 1 heterocycles. The molecule has 1 aliphatic rings. The van der Waals surface area contributed by atoms with Crippen molar-refractivity contribution in [2.24, 2.45) is 0 Å². The highest BCUT2D eigenvalue weighted by molar-refractivity contribution is 5.94. The molecule has 1 fully saturated rings. The number of amides is 2. The van der Waals surface area contributed by atoms with Crippen LogP contribution in [0.15, 0.2) is 42.5 Å². The van der Waals surface area contributed by atoms with Crippen LogP contribution < -0.4 is 15.0 Å². The van der Waals surface area contributed by atoms with Gasteiger partial charge in [0, 0.05) is 31.5 Å². The fourth-order valence-electron chi connectivity index (χ4n) is 3.57. The summed E-state index contributed by atoms with van der Waals surface area (Å²) in [5.74, 6) is 0.503. The van der Waals surface area contributed by atoms with Crippen LogP contribution in [-0.2, 0) is 14.3 Å². The van der Waals surface area contributed by atoms with Crippen LogP contribution in [0.5, 0.6) is 5.75 Å². The van der Waals surface area contributed by atoms with Crippen LogP contribution in [0, 0.1) is 6.92 Å². The van der Waals surface area contributed by atoms with Crippen molar-refractivity contribution in [3.05, 3.63) is 53.6 Å². The van der Waals surface area contributed by atoms with Gasteiger partial charge in [0.1, 0.15) is 5.75 Å². The predicted octanol–water partition coefficient (Wildman–Crippen LogP) is 3.43. The van der Waals surface area contributed by atoms with Crippen LogP contribution in [-0.4, -0.2) is 63.2 Å². The molecule has 0 aromatic heterocycles. The summed E-state index contributed by atoms with van der Waals surface area (Å²) in [6.07, 6.45) is 0. The maximum absolute atomic E-state index is 12.5. The van der Waals surface area contributed by atoms with Crippen molar-refractivity contribution < 1.29 is 19.1 Å². The summed E-state index contributed by atoms with van der Waals surface area (Å²) in [5.41, 5.74) is 3.94. The summed E-state index contributed by atoms with van der Waals surface area (Å²) in [5, 5.41) is 2.85. The number of carbonyl (C=O) groups is 2. The summed E-state index contributed by atoms with van der Waals surface area (Å²) >= 11 is 0. The van der Waals surface area contributed by atoms with Crippen molar-refractivity contribution in [1.29, 1.82) is 0 Å². The normalized spacial score (nSPS) is 13.7. The number of rotatable bonds is 8. The minimum Gasteiger partial charge on any atom is -0.483 e. The lowest BCUT2D eigenvalue weighted by Crippen LogP contribution is -2.37. The second kappa shape index (κ2) is 11.0. The van der Waals surface area contributed by atoms with Crippen LogP contribution in [0.2, 0.25) is 0 Å². The van der Waals surface area contributed by atoms with Gasteiger partial charge in [-0.1, -0.05) is 26.0 Å². The van der Waals surface area contributed by atoms with E-state index in [1.807, 2.05) is 49.4 Å². The first-order valence-corrected chi connectivity index (χ1v) is 11.0. The first-order chi connectivity index (χ1) is 15.3. The number of nitrogens with one attached hydrogen (secondary N) is 1. The lowest BCUT2D eigenvalue weighted by atomic mass is 10.0. The lowest BCUT2D eigenvalue weighted by molar-refractivity contribution is -0.135. The number of nitrogens with zero attached hydrogens (tertiary/aromatic N) is 2. The number of anilines is 2. The molecule has 2 aromatic carbocycles. The van der Waals surface area contributed by atoms with E-state index < -0.39 is 0 Å². The summed E-state index contributed by atoms with van der Waals surface area (Å²) < 4.78 is 11.2. The van der Waals surface area contributed by atoms with Gasteiger partial charge >= 0.3 is 0 Å². The third-order valence-electron chi connectivity index (χ3n) is 5.48. The number of morpholine rings is 1. The van der Waals surface area contributed by atoms with Crippen LogP contribution in [0.25, 0.3) is 0 Å². The minimum absolute atomic E-state index is 0.0434. The Balaban J connectivity index is 1.49. The Morgan fingerprint density at radius 1 is 1.12 bits per heavy atom. The maximum atomic E-state index is 12.5. The number of aryl methyl sites for hydroxylation is 1. The zero-order valence-electron chi connectivity index (χ0n) is 19.4. The summed E-state index contributed by atoms with van der Waals surface area (Å²) in [7, 11) is 1.60. The highest BCUT2D eigenvalue weighted by atomic mass is 16.5. The van der Waals surface area contributed by atoms with E-state index in [0.29, 0.717) is 17.4 Å². The monoisotopic (exact) mass is 439 g/mol. The van der Waals surface area contributed by atoms with E-state index in [9.17, 15) is 9.59 Å². The van der Waals surface area contributed by atoms with Gasteiger partial charge in [-0.3, -0.25) is 9.59 Å². The Labute approximate surface area is 190 Å². The molecule has 32 heavy (non-hydrogen) atoms. The van der Waals surface area contributed by atoms with Gasteiger partial charge in [-0.2, -0.15) is 0 Å². The van der Waals surface area contributed by atoms with E-state index in [-0.39, 0.29) is 25.0 Å². The molecule has 172 valence electrons. The molecule has 2 amide bonds. The number of carbonyl (C=O) groups excluding carboxylic acids is 2. The van der Waals surface area contributed by atoms with Gasteiger partial charge in [-0.25, -0.2) is 0 Å². The molecule has 0 unspecified atom stereocenters. The smallest absolute Gasteiger partial charge is 0.260 e. The van der Waals surface area contributed by atoms with Crippen molar-refractivity contribution in [3.8, 4) is 5.75 Å². The molecule has 7 heteroatoms. The molecule has 7 nitrogen and oxygen atoms in total. The van der Waals surface area contributed by atoms with Gasteiger partial charge in [0.15, 0.2) is 6.61 Å². The molecule has 0 spiro atoms. The first-order valence-electron chi connectivity index (χ1n) is 11.0. The van der Waals surface area contributed by atoms with Crippen molar-refractivity contribution >= 4 is 23.2 Å². The summed E-state index contributed by atoms with van der Waals surface area (Å²) in [6.45, 7) is 9.19. The third kappa shape index (κ3) is 6.47. The topological polar surface area (TPSA) is 71.1 Å². The average molecular weight is 440 g/mol. The number of hydrogen-bond acceptors (Lipinski definition) is 5. The first kappa shape index (κ1) is 23.6. The van der Waals surface area contributed by atoms with Crippen molar-refractivity contribution in [2.75, 3.05) is 56.7 Å². The fraction of sp³-hybridized carbons (Fsp3) is 0.440. The second-order valence-corrected chi connectivity index (χ2v) is 8.43. The van der Waals surface area contributed by atoms with Gasteiger partial charge in [0.25, 0.3) is 5.91 Å². The molecule has 0 aliphatic carbocycles. The number of likely N-dealkylation sites (N-methyl/N-ethyl adjacent to an activating group) is 1. The zero-order valence-corrected chi connectivity index (χ0v) is 19.4. The van der Waals surface area contributed by atoms with Crippen LogP contribution in [0.3, 0.4) is 0 Å². The van der Waals surface area contributed by atoms with E-state index in [4.69, 9.17) is 9.47 Å². The number of ether oxygens (including phenoxy) is 2. The maximum Gasteiger partial charge on any atom is 0.260 e. The van der Waals surface area contributed by atoms with E-state index in [0.717, 1.165) is 43.1 Å². The highest BCUT2D eigenvalue weighted by Crippen LogP contribution is 2.27. The van der Waals surface area contributed by atoms with Gasteiger partial charge in [0.05, 0.1) is 19.8 Å². The molecule has 3 rings (SSSR count). The second-order valence-electron chi connectivity index (χ2n) is 8.43. The van der Waals surface area contributed by atoms with E-state index in [2.05, 4.69) is 24.1 Å². The highest BCUT2D eigenvalue weighted by Gasteiger charge is 2.16. The fourth-order valence-corrected chi connectivity index (χ4v) is 3.57. The van der Waals surface area contributed by atoms with Crippen LogP contribution in [0.1, 0.15) is 30.9 Å². The molecular formula is C25H33N3O4. The van der Waals surface area contributed by atoms with Gasteiger partial charge in [-0.15, -0.1) is 0 Å². The Bertz CT molecular complexity index is 921. The lowest BCUT2D eigenvalue weighted by Gasteiger charge is -2.28.